The summed E-state index contributed by atoms with van der Waals surface area (Å²) < 4.78 is 35.0. The number of nitrogens with one attached hydrogen (secondary N) is 2. The third-order valence-electron chi connectivity index (χ3n) is 6.15. The average Bonchev–Trinajstić information content (AvgIpc) is 3.63. The number of ether oxygens (including phenoxy) is 1. The zero-order valence-electron chi connectivity index (χ0n) is 22.8. The molecule has 0 radical (unpaired) electrons. The zero-order chi connectivity index (χ0) is 26.7. The van der Waals surface area contributed by atoms with Crippen molar-refractivity contribution in [2.75, 3.05) is 42.9 Å². The monoisotopic (exact) mass is 587 g/mol. The number of para-hydroxylation sites is 1. The molecule has 5 heterocycles. The Bertz CT molecular complexity index is 1700. The maximum Gasteiger partial charge on any atom is 1.00 e. The molecule has 4 aromatic heterocycles. The molecule has 1 aromatic carbocycles. The molecule has 40 heavy (non-hydrogen) atoms. The van der Waals surface area contributed by atoms with Gasteiger partial charge in [-0.1, -0.05) is 29.5 Å². The predicted octanol–water partition coefficient (Wildman–Crippen LogP) is 0.338. The number of morpholine rings is 1. The largest absolute Gasteiger partial charge is 1.00 e. The van der Waals surface area contributed by atoms with E-state index in [-0.39, 0.29) is 35.3 Å². The minimum absolute atomic E-state index is 0. The molecule has 2 N–H and O–H groups in total. The van der Waals surface area contributed by atoms with E-state index in [2.05, 4.69) is 40.2 Å². The first-order valence-corrected chi connectivity index (χ1v) is 14.6. The van der Waals surface area contributed by atoms with Crippen LogP contribution in [-0.4, -0.2) is 76.1 Å². The van der Waals surface area contributed by atoms with Gasteiger partial charge in [0.15, 0.2) is 0 Å². The molecule has 202 valence electrons. The summed E-state index contributed by atoms with van der Waals surface area (Å²) in [5, 5.41) is 15.7. The van der Waals surface area contributed by atoms with Gasteiger partial charge in [0.05, 0.1) is 37.0 Å². The maximum absolute atomic E-state index is 12.7. The van der Waals surface area contributed by atoms with Gasteiger partial charge in [0.2, 0.25) is 5.13 Å². The molecular formula is C25H26N9NaO3S2. The molecule has 1 fully saturated rings. The Morgan fingerprint density at radius 1 is 0.975 bits per heavy atom. The zero-order valence-corrected chi connectivity index (χ0v) is 25.4. The average molecular weight is 588 g/mol. The summed E-state index contributed by atoms with van der Waals surface area (Å²) >= 11 is 0.916. The van der Waals surface area contributed by atoms with E-state index in [0.717, 1.165) is 67.4 Å². The van der Waals surface area contributed by atoms with Crippen LogP contribution in [0.4, 0.5) is 16.6 Å². The number of nitrogens with zero attached hydrogens (tertiary/aromatic N) is 7. The molecule has 0 amide bonds. The molecule has 0 aliphatic carbocycles. The van der Waals surface area contributed by atoms with Crippen molar-refractivity contribution >= 4 is 49.0 Å². The van der Waals surface area contributed by atoms with Gasteiger partial charge >= 0.3 is 29.6 Å². The van der Waals surface area contributed by atoms with E-state index in [4.69, 9.17) is 4.74 Å². The molecule has 1 aliphatic heterocycles. The van der Waals surface area contributed by atoms with Crippen LogP contribution in [0.5, 0.6) is 0 Å². The molecule has 15 heteroatoms. The van der Waals surface area contributed by atoms with E-state index in [1.807, 2.05) is 35.4 Å². The van der Waals surface area contributed by atoms with E-state index < -0.39 is 10.0 Å². The first-order valence-electron chi connectivity index (χ1n) is 12.3. The van der Waals surface area contributed by atoms with Gasteiger partial charge in [0, 0.05) is 48.8 Å². The number of rotatable bonds is 9. The maximum atomic E-state index is 12.7. The molecule has 0 saturated carbocycles. The number of hydrogen-bond acceptors (Lipinski definition) is 11. The Morgan fingerprint density at radius 2 is 1.80 bits per heavy atom. The van der Waals surface area contributed by atoms with Gasteiger partial charge in [-0.15, -0.1) is 10.2 Å². The van der Waals surface area contributed by atoms with Gasteiger partial charge in [-0.2, -0.15) is 13.5 Å². The fourth-order valence-corrected chi connectivity index (χ4v) is 6.09. The molecule has 1 aliphatic rings. The molecule has 0 unspecified atom stereocenters. The van der Waals surface area contributed by atoms with Crippen molar-refractivity contribution < 1.29 is 44.1 Å². The van der Waals surface area contributed by atoms with Crippen LogP contribution >= 0.6 is 11.3 Å². The number of benzene rings is 1. The molecule has 12 nitrogen and oxygen atoms in total. The van der Waals surface area contributed by atoms with E-state index in [0.29, 0.717) is 22.2 Å². The van der Waals surface area contributed by atoms with E-state index in [9.17, 15) is 8.42 Å². The van der Waals surface area contributed by atoms with E-state index >= 15 is 0 Å². The first-order chi connectivity index (χ1) is 19.0. The van der Waals surface area contributed by atoms with Crippen molar-refractivity contribution in [1.82, 2.24) is 34.8 Å². The van der Waals surface area contributed by atoms with Crippen molar-refractivity contribution in [3.05, 3.63) is 67.1 Å². The second kappa shape index (κ2) is 12.7. The Hall–Kier alpha value is -2.98. The first kappa shape index (κ1) is 28.5. The summed E-state index contributed by atoms with van der Waals surface area (Å²) in [6.07, 6.45) is 5.65. The Morgan fingerprint density at radius 3 is 2.62 bits per heavy atom. The molecule has 0 spiro atoms. The molecule has 1 saturated heterocycles. The Labute approximate surface area is 258 Å². The second-order valence-electron chi connectivity index (χ2n) is 8.87. The number of sulfonamides is 1. The summed E-state index contributed by atoms with van der Waals surface area (Å²) in [6, 6.07) is 14.2. The summed E-state index contributed by atoms with van der Waals surface area (Å²) in [6.45, 7) is 5.18. The SMILES string of the molecule is O=S(=O)(Nc1ccccc1)c1nnc(Nc2ccc3ncc(-c4cnn(CCN5CCOCC5)c4)cc3n2)s1.[H-].[Na+]. The van der Waals surface area contributed by atoms with Gasteiger partial charge < -0.3 is 11.5 Å². The standard InChI is InChI=1S/C25H25N9O3S2.Na.H/c35-39(36,32-20-4-2-1-3-5-20)25-31-30-24(38-25)29-23-7-6-21-22(28-23)14-18(15-26-21)19-16-27-34(17-19)9-8-33-10-12-37-13-11-33;;/h1-7,14-17,32H,8-13H2,(H,28,29,30);;/q;+1;-1. The van der Waals surface area contributed by atoms with Crippen LogP contribution in [0.25, 0.3) is 22.2 Å². The topological polar surface area (TPSA) is 140 Å². The van der Waals surface area contributed by atoms with Crippen molar-refractivity contribution in [3.63, 3.8) is 0 Å². The minimum Gasteiger partial charge on any atom is -1.00 e. The smallest absolute Gasteiger partial charge is 1.00 e. The molecule has 0 bridgehead atoms. The minimum atomic E-state index is -3.86. The fraction of sp³-hybridized carbons (Fsp3) is 0.240. The second-order valence-corrected chi connectivity index (χ2v) is 11.7. The Kier molecular flexibility index (Phi) is 9.05. The van der Waals surface area contributed by atoms with E-state index in [1.165, 1.54) is 0 Å². The molecular weight excluding hydrogens is 561 g/mol. The predicted molar refractivity (Wildman–Crippen MR) is 150 cm³/mol. The number of aromatic nitrogens is 6. The van der Waals surface area contributed by atoms with Crippen LogP contribution in [0.2, 0.25) is 0 Å². The van der Waals surface area contributed by atoms with Crippen LogP contribution < -0.4 is 39.6 Å². The molecule has 0 atom stereocenters. The van der Waals surface area contributed by atoms with Crippen LogP contribution in [-0.2, 0) is 21.3 Å². The molecule has 5 aromatic rings. The fourth-order valence-electron chi connectivity index (χ4n) is 4.12. The van der Waals surface area contributed by atoms with Crippen LogP contribution in [0, 0.1) is 0 Å². The van der Waals surface area contributed by atoms with Crippen molar-refractivity contribution in [2.45, 2.75) is 10.9 Å². The number of fused-ring (bicyclic) bond motifs is 1. The summed E-state index contributed by atoms with van der Waals surface area (Å²) in [4.78, 5) is 11.6. The van der Waals surface area contributed by atoms with Crippen LogP contribution in [0.1, 0.15) is 1.43 Å². The van der Waals surface area contributed by atoms with Crippen LogP contribution in [0.15, 0.2) is 71.5 Å². The third-order valence-corrected chi connectivity index (χ3v) is 8.74. The van der Waals surface area contributed by atoms with Crippen molar-refractivity contribution in [2.24, 2.45) is 0 Å². The quantitative estimate of drug-likeness (QED) is 0.232. The van der Waals surface area contributed by atoms with E-state index in [1.54, 1.807) is 36.4 Å². The van der Waals surface area contributed by atoms with Crippen molar-refractivity contribution in [1.29, 1.82) is 0 Å². The molecule has 6 rings (SSSR count). The number of pyridine rings is 2. The van der Waals surface area contributed by atoms with Gasteiger partial charge in [-0.05, 0) is 30.3 Å². The van der Waals surface area contributed by atoms with Gasteiger partial charge in [0.25, 0.3) is 14.4 Å². The summed E-state index contributed by atoms with van der Waals surface area (Å²) in [7, 11) is -3.86. The van der Waals surface area contributed by atoms with Gasteiger partial charge in [-0.3, -0.25) is 19.3 Å². The number of anilines is 3. The Balaban J connectivity index is 0.00000194. The van der Waals surface area contributed by atoms with Gasteiger partial charge in [0.1, 0.15) is 5.82 Å². The third kappa shape index (κ3) is 6.83. The van der Waals surface area contributed by atoms with Crippen molar-refractivity contribution in [3.8, 4) is 11.1 Å². The van der Waals surface area contributed by atoms with Crippen LogP contribution in [0.3, 0.4) is 0 Å². The number of hydrogen-bond donors (Lipinski definition) is 2. The normalized spacial score (nSPS) is 14.1. The summed E-state index contributed by atoms with van der Waals surface area (Å²) in [5.74, 6) is 0.499. The van der Waals surface area contributed by atoms with Gasteiger partial charge in [-0.25, -0.2) is 4.98 Å². The summed E-state index contributed by atoms with van der Waals surface area (Å²) in [5.41, 5.74) is 3.72.